The van der Waals surface area contributed by atoms with E-state index in [0.29, 0.717) is 17.0 Å². The van der Waals surface area contributed by atoms with Gasteiger partial charge in [-0.2, -0.15) is 9.78 Å². The zero-order chi connectivity index (χ0) is 16.5. The van der Waals surface area contributed by atoms with Gasteiger partial charge in [0.25, 0.3) is 5.56 Å². The van der Waals surface area contributed by atoms with Crippen molar-refractivity contribution < 1.29 is 4.42 Å². The Morgan fingerprint density at radius 1 is 1.21 bits per heavy atom. The lowest BCUT2D eigenvalue weighted by Crippen LogP contribution is -2.20. The highest BCUT2D eigenvalue weighted by molar-refractivity contribution is 7.17. The van der Waals surface area contributed by atoms with Crippen LogP contribution in [0, 0.1) is 6.92 Å². The van der Waals surface area contributed by atoms with Crippen LogP contribution in [0.1, 0.15) is 11.6 Å². The number of hydrogen-bond acceptors (Lipinski definition) is 5. The second kappa shape index (κ2) is 5.90. The van der Waals surface area contributed by atoms with Crippen molar-refractivity contribution in [2.24, 2.45) is 5.10 Å². The lowest BCUT2D eigenvalue weighted by Gasteiger charge is -2.04. The second-order valence-electron chi connectivity index (χ2n) is 5.23. The standard InChI is InChI=1S/C18H13N3O2S/c1-12-20-17-16(15(11-24-17)13-6-3-2-4-7-13)18(22)21(12)19-10-14-8-5-9-23-14/h2-11H,1H3. The average Bonchev–Trinajstić information content (AvgIpc) is 3.25. The molecule has 0 N–H and O–H groups in total. The van der Waals surface area contributed by atoms with Crippen molar-refractivity contribution in [2.45, 2.75) is 6.92 Å². The van der Waals surface area contributed by atoms with Gasteiger partial charge in [-0.1, -0.05) is 30.3 Å². The largest absolute Gasteiger partial charge is 0.463 e. The monoisotopic (exact) mass is 335 g/mol. The summed E-state index contributed by atoms with van der Waals surface area (Å²) in [7, 11) is 0. The lowest BCUT2D eigenvalue weighted by atomic mass is 10.1. The minimum Gasteiger partial charge on any atom is -0.463 e. The molecule has 5 nitrogen and oxygen atoms in total. The van der Waals surface area contributed by atoms with Gasteiger partial charge in [0.05, 0.1) is 17.9 Å². The molecule has 0 atom stereocenters. The van der Waals surface area contributed by atoms with Crippen LogP contribution in [-0.2, 0) is 0 Å². The number of aromatic nitrogens is 2. The van der Waals surface area contributed by atoms with E-state index in [-0.39, 0.29) is 5.56 Å². The molecule has 118 valence electrons. The molecule has 24 heavy (non-hydrogen) atoms. The van der Waals surface area contributed by atoms with E-state index < -0.39 is 0 Å². The summed E-state index contributed by atoms with van der Waals surface area (Å²) in [5.74, 6) is 1.12. The van der Waals surface area contributed by atoms with E-state index in [0.717, 1.165) is 16.0 Å². The summed E-state index contributed by atoms with van der Waals surface area (Å²) in [5, 5.41) is 6.80. The molecule has 0 saturated heterocycles. The summed E-state index contributed by atoms with van der Waals surface area (Å²) in [5.41, 5.74) is 1.70. The number of fused-ring (bicyclic) bond motifs is 1. The van der Waals surface area contributed by atoms with Crippen molar-refractivity contribution in [2.75, 3.05) is 0 Å². The molecular formula is C18H13N3O2S. The smallest absolute Gasteiger partial charge is 0.283 e. The Morgan fingerprint density at radius 3 is 2.79 bits per heavy atom. The predicted octanol–water partition coefficient (Wildman–Crippen LogP) is 3.91. The zero-order valence-corrected chi connectivity index (χ0v) is 13.7. The van der Waals surface area contributed by atoms with Crippen LogP contribution >= 0.6 is 11.3 Å². The molecule has 0 radical (unpaired) electrons. The van der Waals surface area contributed by atoms with E-state index in [2.05, 4.69) is 10.1 Å². The maximum Gasteiger partial charge on any atom is 0.283 e. The first-order valence-electron chi connectivity index (χ1n) is 7.38. The number of hydrogen-bond donors (Lipinski definition) is 0. The molecule has 0 amide bonds. The SMILES string of the molecule is Cc1nc2scc(-c3ccccc3)c2c(=O)n1N=Cc1ccco1. The molecule has 0 unspecified atom stereocenters. The van der Waals surface area contributed by atoms with E-state index in [4.69, 9.17) is 4.42 Å². The summed E-state index contributed by atoms with van der Waals surface area (Å²) >= 11 is 1.47. The quantitative estimate of drug-likeness (QED) is 0.533. The number of benzene rings is 1. The highest BCUT2D eigenvalue weighted by Gasteiger charge is 2.15. The number of furan rings is 1. The van der Waals surface area contributed by atoms with Gasteiger partial charge in [-0.15, -0.1) is 11.3 Å². The van der Waals surface area contributed by atoms with Gasteiger partial charge in [0.1, 0.15) is 16.4 Å². The fourth-order valence-electron chi connectivity index (χ4n) is 2.53. The van der Waals surface area contributed by atoms with E-state index >= 15 is 0 Å². The third-order valence-corrected chi connectivity index (χ3v) is 4.55. The fraction of sp³-hybridized carbons (Fsp3) is 0.0556. The first-order valence-corrected chi connectivity index (χ1v) is 8.26. The van der Waals surface area contributed by atoms with Gasteiger partial charge in [-0.3, -0.25) is 4.79 Å². The van der Waals surface area contributed by atoms with Crippen LogP contribution in [0.5, 0.6) is 0 Å². The van der Waals surface area contributed by atoms with Crippen molar-refractivity contribution in [3.8, 4) is 11.1 Å². The Bertz CT molecular complexity index is 1080. The van der Waals surface area contributed by atoms with Crippen LogP contribution in [0.4, 0.5) is 0 Å². The van der Waals surface area contributed by atoms with E-state index in [1.165, 1.54) is 22.2 Å². The normalized spacial score (nSPS) is 11.5. The highest BCUT2D eigenvalue weighted by atomic mass is 32.1. The molecule has 4 aromatic rings. The zero-order valence-electron chi connectivity index (χ0n) is 12.8. The van der Waals surface area contributed by atoms with E-state index in [9.17, 15) is 4.79 Å². The minimum atomic E-state index is -0.180. The van der Waals surface area contributed by atoms with Gasteiger partial charge in [0, 0.05) is 10.9 Å². The first-order chi connectivity index (χ1) is 11.7. The Morgan fingerprint density at radius 2 is 2.04 bits per heavy atom. The van der Waals surface area contributed by atoms with E-state index in [1.807, 2.05) is 35.7 Å². The molecule has 0 fully saturated rings. The lowest BCUT2D eigenvalue weighted by molar-refractivity contribution is 0.559. The van der Waals surface area contributed by atoms with Gasteiger partial charge in [0.15, 0.2) is 0 Å². The van der Waals surface area contributed by atoms with Crippen LogP contribution in [0.25, 0.3) is 21.3 Å². The Hall–Kier alpha value is -2.99. The highest BCUT2D eigenvalue weighted by Crippen LogP contribution is 2.30. The third kappa shape index (κ3) is 2.47. The van der Waals surface area contributed by atoms with Crippen LogP contribution in [0.3, 0.4) is 0 Å². The van der Waals surface area contributed by atoms with Gasteiger partial charge in [0.2, 0.25) is 0 Å². The Balaban J connectivity index is 1.91. The Kier molecular flexibility index (Phi) is 3.59. The molecule has 0 spiro atoms. The van der Waals surface area contributed by atoms with Gasteiger partial charge in [-0.05, 0) is 24.6 Å². The van der Waals surface area contributed by atoms with E-state index in [1.54, 1.807) is 25.3 Å². The molecule has 4 rings (SSSR count). The summed E-state index contributed by atoms with van der Waals surface area (Å²) in [6.45, 7) is 1.77. The maximum atomic E-state index is 12.9. The molecule has 1 aromatic carbocycles. The summed E-state index contributed by atoms with van der Waals surface area (Å²) in [6.07, 6.45) is 3.07. The van der Waals surface area contributed by atoms with Crippen molar-refractivity contribution >= 4 is 27.8 Å². The van der Waals surface area contributed by atoms with Crippen LogP contribution in [-0.4, -0.2) is 15.9 Å². The topological polar surface area (TPSA) is 60.4 Å². The van der Waals surface area contributed by atoms with Crippen LogP contribution in [0.15, 0.2) is 68.4 Å². The minimum absolute atomic E-state index is 0.180. The molecule has 0 aliphatic heterocycles. The average molecular weight is 335 g/mol. The number of nitrogens with zero attached hydrogens (tertiary/aromatic N) is 3. The molecule has 0 aliphatic carbocycles. The van der Waals surface area contributed by atoms with Crippen molar-refractivity contribution in [1.82, 2.24) is 9.66 Å². The number of thiophene rings is 1. The number of rotatable bonds is 3. The van der Waals surface area contributed by atoms with Crippen molar-refractivity contribution in [3.05, 3.63) is 76.0 Å². The van der Waals surface area contributed by atoms with Crippen LogP contribution < -0.4 is 5.56 Å². The second-order valence-corrected chi connectivity index (χ2v) is 6.09. The predicted molar refractivity (Wildman–Crippen MR) is 95.8 cm³/mol. The van der Waals surface area contributed by atoms with Crippen molar-refractivity contribution in [3.63, 3.8) is 0 Å². The van der Waals surface area contributed by atoms with Gasteiger partial charge < -0.3 is 4.42 Å². The van der Waals surface area contributed by atoms with Gasteiger partial charge in [-0.25, -0.2) is 4.98 Å². The molecule has 3 heterocycles. The van der Waals surface area contributed by atoms with Crippen molar-refractivity contribution in [1.29, 1.82) is 0 Å². The number of aryl methyl sites for hydroxylation is 1. The third-order valence-electron chi connectivity index (χ3n) is 3.68. The first kappa shape index (κ1) is 14.6. The summed E-state index contributed by atoms with van der Waals surface area (Å²) < 4.78 is 6.53. The maximum absolute atomic E-state index is 12.9. The molecule has 0 bridgehead atoms. The molecule has 3 aromatic heterocycles. The molecule has 0 aliphatic rings. The van der Waals surface area contributed by atoms with Gasteiger partial charge >= 0.3 is 0 Å². The molecule has 0 saturated carbocycles. The Labute approximate surface area is 141 Å². The fourth-order valence-corrected chi connectivity index (χ4v) is 3.51. The molecule has 6 heteroatoms. The van der Waals surface area contributed by atoms with Crippen LogP contribution in [0.2, 0.25) is 0 Å². The molecular weight excluding hydrogens is 322 g/mol. The summed E-state index contributed by atoms with van der Waals surface area (Å²) in [4.78, 5) is 18.2. The summed E-state index contributed by atoms with van der Waals surface area (Å²) in [6, 6.07) is 13.4.